The van der Waals surface area contributed by atoms with Crippen LogP contribution in [0.15, 0.2) is 70.7 Å². The van der Waals surface area contributed by atoms with Crippen LogP contribution in [-0.2, 0) is 20.0 Å². The van der Waals surface area contributed by atoms with Crippen LogP contribution >= 0.6 is 34.9 Å². The zero-order valence-corrected chi connectivity index (χ0v) is 24.7. The zero-order chi connectivity index (χ0) is 28.5. The monoisotopic (exact) mass is 596 g/mol. The fourth-order valence-corrected chi connectivity index (χ4v) is 6.43. The van der Waals surface area contributed by atoms with E-state index in [0.29, 0.717) is 16.5 Å². The van der Waals surface area contributed by atoms with Gasteiger partial charge in [0.25, 0.3) is 0 Å². The van der Waals surface area contributed by atoms with Crippen LogP contribution in [0, 0.1) is 6.92 Å². The van der Waals surface area contributed by atoms with Crippen molar-refractivity contribution >= 4 is 57.7 Å². The molecule has 0 aliphatic rings. The molecular formula is C28H28N4O5S3. The first-order valence-corrected chi connectivity index (χ1v) is 15.3. The maximum atomic E-state index is 13.0. The smallest absolute Gasteiger partial charge is 0.348 e. The van der Waals surface area contributed by atoms with E-state index in [0.717, 1.165) is 27.7 Å². The Morgan fingerprint density at radius 1 is 0.900 bits per heavy atom. The van der Waals surface area contributed by atoms with Gasteiger partial charge in [-0.3, -0.25) is 9.36 Å². The molecule has 208 valence electrons. The number of ether oxygens (including phenoxy) is 2. The van der Waals surface area contributed by atoms with Gasteiger partial charge in [-0.1, -0.05) is 48.2 Å². The molecule has 12 heteroatoms. The highest BCUT2D eigenvalue weighted by atomic mass is 32.2. The van der Waals surface area contributed by atoms with Gasteiger partial charge in [-0.2, -0.15) is 0 Å². The summed E-state index contributed by atoms with van der Waals surface area (Å²) < 4.78 is 12.2. The number of benzene rings is 2. The Labute approximate surface area is 244 Å². The van der Waals surface area contributed by atoms with Crippen molar-refractivity contribution in [3.63, 3.8) is 0 Å². The number of carbonyl (C=O) groups is 3. The summed E-state index contributed by atoms with van der Waals surface area (Å²) in [4.78, 5) is 39.5. The number of esters is 2. The highest BCUT2D eigenvalue weighted by Gasteiger charge is 2.27. The third-order valence-electron chi connectivity index (χ3n) is 5.50. The van der Waals surface area contributed by atoms with Gasteiger partial charge in [-0.15, -0.1) is 33.3 Å². The molecule has 1 N–H and O–H groups in total. The van der Waals surface area contributed by atoms with E-state index in [-0.39, 0.29) is 40.3 Å². The Balaban J connectivity index is 1.53. The van der Waals surface area contributed by atoms with Crippen molar-refractivity contribution in [3.05, 3.63) is 82.5 Å². The highest BCUT2D eigenvalue weighted by molar-refractivity contribution is 7.99. The number of nitrogens with zero attached hydrogens (tertiary/aromatic N) is 3. The second kappa shape index (κ2) is 14.1. The molecule has 0 aliphatic heterocycles. The Morgan fingerprint density at radius 3 is 2.23 bits per heavy atom. The molecule has 2 aromatic heterocycles. The second-order valence-corrected chi connectivity index (χ2v) is 11.2. The summed E-state index contributed by atoms with van der Waals surface area (Å²) in [5.41, 5.74) is 1.45. The summed E-state index contributed by atoms with van der Waals surface area (Å²) in [5.74, 6) is -0.186. The molecule has 0 radical (unpaired) electrons. The number of rotatable bonds is 12. The highest BCUT2D eigenvalue weighted by Crippen LogP contribution is 2.35. The van der Waals surface area contributed by atoms with Crippen LogP contribution in [0.25, 0.3) is 5.69 Å². The number of amides is 1. The van der Waals surface area contributed by atoms with Crippen molar-refractivity contribution in [2.75, 3.05) is 24.3 Å². The molecule has 9 nitrogen and oxygen atoms in total. The number of nitrogens with one attached hydrogen (secondary N) is 1. The van der Waals surface area contributed by atoms with Gasteiger partial charge in [0.15, 0.2) is 5.16 Å². The first-order valence-electron chi connectivity index (χ1n) is 12.5. The third kappa shape index (κ3) is 7.12. The summed E-state index contributed by atoms with van der Waals surface area (Å²) >= 11 is 3.87. The number of hydrogen-bond acceptors (Lipinski definition) is 10. The van der Waals surface area contributed by atoms with E-state index in [1.165, 1.54) is 11.8 Å². The minimum atomic E-state index is -0.612. The lowest BCUT2D eigenvalue weighted by Gasteiger charge is -2.10. The summed E-state index contributed by atoms with van der Waals surface area (Å²) in [6.45, 7) is 5.38. The predicted octanol–water partition coefficient (Wildman–Crippen LogP) is 6.01. The van der Waals surface area contributed by atoms with Crippen LogP contribution < -0.4 is 5.32 Å². The van der Waals surface area contributed by atoms with Crippen molar-refractivity contribution in [1.29, 1.82) is 0 Å². The molecule has 0 saturated carbocycles. The molecule has 0 atom stereocenters. The van der Waals surface area contributed by atoms with Crippen LogP contribution in [0.1, 0.15) is 45.3 Å². The molecular weight excluding hydrogens is 569 g/mol. The van der Waals surface area contributed by atoms with Crippen molar-refractivity contribution in [1.82, 2.24) is 14.8 Å². The molecule has 0 aliphatic carbocycles. The van der Waals surface area contributed by atoms with E-state index < -0.39 is 11.9 Å². The van der Waals surface area contributed by atoms with Crippen LogP contribution in [-0.4, -0.2) is 51.6 Å². The first kappa shape index (κ1) is 29.4. The SMILES string of the molecule is CCOC(=O)c1sc(NC(=O)CSc2nnc(CSc3ccccc3)n2-c2ccccc2)c(C(=O)OCC)c1C. The van der Waals surface area contributed by atoms with E-state index >= 15 is 0 Å². The Morgan fingerprint density at radius 2 is 1.55 bits per heavy atom. The summed E-state index contributed by atoms with van der Waals surface area (Å²) in [6, 6.07) is 19.7. The number of aromatic nitrogens is 3. The van der Waals surface area contributed by atoms with E-state index in [1.807, 2.05) is 65.2 Å². The van der Waals surface area contributed by atoms with Crippen LogP contribution in [0.2, 0.25) is 0 Å². The van der Waals surface area contributed by atoms with Crippen molar-refractivity contribution in [2.45, 2.75) is 36.6 Å². The molecule has 0 bridgehead atoms. The van der Waals surface area contributed by atoms with Crippen LogP contribution in [0.5, 0.6) is 0 Å². The van der Waals surface area contributed by atoms with E-state index in [2.05, 4.69) is 15.5 Å². The normalized spacial score (nSPS) is 10.8. The maximum absolute atomic E-state index is 13.0. The molecule has 40 heavy (non-hydrogen) atoms. The maximum Gasteiger partial charge on any atom is 0.348 e. The van der Waals surface area contributed by atoms with Gasteiger partial charge in [0.05, 0.1) is 30.3 Å². The van der Waals surface area contributed by atoms with Gasteiger partial charge >= 0.3 is 11.9 Å². The van der Waals surface area contributed by atoms with Gasteiger partial charge in [0.1, 0.15) is 15.7 Å². The van der Waals surface area contributed by atoms with E-state index in [9.17, 15) is 14.4 Å². The largest absolute Gasteiger partial charge is 0.462 e. The lowest BCUT2D eigenvalue weighted by Crippen LogP contribution is -2.17. The van der Waals surface area contributed by atoms with Crippen molar-refractivity contribution < 1.29 is 23.9 Å². The quantitative estimate of drug-likeness (QED) is 0.155. The minimum Gasteiger partial charge on any atom is -0.462 e. The fraction of sp³-hybridized carbons (Fsp3) is 0.250. The topological polar surface area (TPSA) is 112 Å². The lowest BCUT2D eigenvalue weighted by atomic mass is 10.1. The molecule has 1 amide bonds. The van der Waals surface area contributed by atoms with Crippen molar-refractivity contribution in [2.24, 2.45) is 0 Å². The van der Waals surface area contributed by atoms with Crippen LogP contribution in [0.3, 0.4) is 0 Å². The summed E-state index contributed by atoms with van der Waals surface area (Å²) in [5, 5.41) is 12.4. The second-order valence-electron chi connectivity index (χ2n) is 8.21. The van der Waals surface area contributed by atoms with Crippen LogP contribution in [0.4, 0.5) is 5.00 Å². The molecule has 0 unspecified atom stereocenters. The third-order valence-corrected chi connectivity index (χ3v) is 8.62. The number of anilines is 1. The van der Waals surface area contributed by atoms with E-state index in [4.69, 9.17) is 9.47 Å². The average molecular weight is 597 g/mol. The first-order chi connectivity index (χ1) is 19.4. The number of carbonyl (C=O) groups excluding carboxylic acids is 3. The molecule has 0 saturated heterocycles. The fourth-order valence-electron chi connectivity index (χ4n) is 3.72. The molecule has 0 spiro atoms. The Bertz CT molecular complexity index is 1470. The number of thiophene rings is 1. The number of para-hydroxylation sites is 1. The molecule has 0 fully saturated rings. The van der Waals surface area contributed by atoms with Gasteiger partial charge < -0.3 is 14.8 Å². The standard InChI is InChI=1S/C28H28N4O5S3/c1-4-36-26(34)23-18(3)24(27(35)37-5-2)40-25(23)29-22(33)17-39-28-31-30-21(16-38-20-14-10-7-11-15-20)32(28)19-12-8-6-9-13-19/h6-15H,4-5,16-17H2,1-3H3,(H,29,33). The van der Waals surface area contributed by atoms with E-state index in [1.54, 1.807) is 32.5 Å². The van der Waals surface area contributed by atoms with Gasteiger partial charge in [-0.05, 0) is 50.6 Å². The molecule has 2 heterocycles. The predicted molar refractivity (Wildman–Crippen MR) is 158 cm³/mol. The molecule has 4 aromatic rings. The van der Waals surface area contributed by atoms with Gasteiger partial charge in [0, 0.05) is 10.6 Å². The number of hydrogen-bond donors (Lipinski definition) is 1. The van der Waals surface area contributed by atoms with Crippen molar-refractivity contribution in [3.8, 4) is 5.69 Å². The Hall–Kier alpha value is -3.61. The van der Waals surface area contributed by atoms with Gasteiger partial charge in [-0.25, -0.2) is 9.59 Å². The zero-order valence-electron chi connectivity index (χ0n) is 22.2. The number of thioether (sulfide) groups is 2. The average Bonchev–Trinajstić information content (AvgIpc) is 3.52. The summed E-state index contributed by atoms with van der Waals surface area (Å²) in [7, 11) is 0. The van der Waals surface area contributed by atoms with Gasteiger partial charge in [0.2, 0.25) is 5.91 Å². The summed E-state index contributed by atoms with van der Waals surface area (Å²) in [6.07, 6.45) is 0. The molecule has 4 rings (SSSR count). The minimum absolute atomic E-state index is 0.00471. The lowest BCUT2D eigenvalue weighted by molar-refractivity contribution is -0.113. The Kier molecular flexibility index (Phi) is 10.4. The molecule has 2 aromatic carbocycles.